The first-order valence-electron chi connectivity index (χ1n) is 5.83. The lowest BCUT2D eigenvalue weighted by molar-refractivity contribution is 0.120. The Morgan fingerprint density at radius 2 is 2.25 bits per heavy atom. The second kappa shape index (κ2) is 3.83. The Morgan fingerprint density at radius 1 is 1.38 bits per heavy atom. The highest BCUT2D eigenvalue weighted by molar-refractivity contribution is 5.84. The highest BCUT2D eigenvalue weighted by Gasteiger charge is 2.19. The zero-order chi connectivity index (χ0) is 11.0. The normalized spacial score (nSPS) is 16.3. The molecule has 16 heavy (non-hydrogen) atoms. The van der Waals surface area contributed by atoms with Crippen molar-refractivity contribution in [1.82, 2.24) is 4.98 Å². The topological polar surface area (TPSA) is 51.0 Å². The summed E-state index contributed by atoms with van der Waals surface area (Å²) in [6, 6.07) is 6.18. The second-order valence-electron chi connectivity index (χ2n) is 4.40. The molecule has 84 valence electrons. The minimum atomic E-state index is 0.432. The van der Waals surface area contributed by atoms with Crippen LogP contribution in [0, 0.1) is 0 Å². The fourth-order valence-electron chi connectivity index (χ4n) is 2.09. The highest BCUT2D eigenvalue weighted by atomic mass is 16.5. The summed E-state index contributed by atoms with van der Waals surface area (Å²) in [4.78, 5) is 3.23. The number of nitrogens with one attached hydrogen (secondary N) is 1. The van der Waals surface area contributed by atoms with Gasteiger partial charge in [0.25, 0.3) is 0 Å². The summed E-state index contributed by atoms with van der Waals surface area (Å²) in [5.41, 5.74) is 7.92. The number of benzene rings is 1. The van der Waals surface area contributed by atoms with Gasteiger partial charge in [0, 0.05) is 29.7 Å². The fourth-order valence-corrected chi connectivity index (χ4v) is 2.09. The SMILES string of the molecule is NCc1c[nH]c2cc(OC3CCC3)ccc12. The molecule has 1 aliphatic carbocycles. The van der Waals surface area contributed by atoms with Gasteiger partial charge in [0.05, 0.1) is 6.10 Å². The third kappa shape index (κ3) is 1.57. The monoisotopic (exact) mass is 216 g/mol. The predicted octanol–water partition coefficient (Wildman–Crippen LogP) is 2.56. The van der Waals surface area contributed by atoms with E-state index in [1.54, 1.807) is 0 Å². The van der Waals surface area contributed by atoms with E-state index < -0.39 is 0 Å². The lowest BCUT2D eigenvalue weighted by Gasteiger charge is -2.26. The summed E-state index contributed by atoms with van der Waals surface area (Å²) in [6.45, 7) is 0.572. The van der Waals surface area contributed by atoms with E-state index in [0.717, 1.165) is 16.8 Å². The van der Waals surface area contributed by atoms with Gasteiger partial charge in [-0.3, -0.25) is 0 Å². The molecule has 2 aromatic rings. The Hall–Kier alpha value is -1.48. The molecular weight excluding hydrogens is 200 g/mol. The van der Waals surface area contributed by atoms with E-state index in [1.165, 1.54) is 24.6 Å². The molecule has 1 aliphatic rings. The van der Waals surface area contributed by atoms with Crippen LogP contribution in [0.15, 0.2) is 24.4 Å². The molecule has 3 nitrogen and oxygen atoms in total. The van der Waals surface area contributed by atoms with Gasteiger partial charge in [-0.2, -0.15) is 0 Å². The van der Waals surface area contributed by atoms with Crippen LogP contribution in [-0.2, 0) is 6.54 Å². The van der Waals surface area contributed by atoms with Crippen LogP contribution in [0.1, 0.15) is 24.8 Å². The van der Waals surface area contributed by atoms with Gasteiger partial charge < -0.3 is 15.5 Å². The van der Waals surface area contributed by atoms with Crippen LogP contribution in [0.2, 0.25) is 0 Å². The molecule has 0 saturated heterocycles. The van der Waals surface area contributed by atoms with Crippen molar-refractivity contribution in [1.29, 1.82) is 0 Å². The van der Waals surface area contributed by atoms with Gasteiger partial charge in [-0.15, -0.1) is 0 Å². The number of hydrogen-bond donors (Lipinski definition) is 2. The largest absolute Gasteiger partial charge is 0.490 e. The minimum Gasteiger partial charge on any atom is -0.490 e. The lowest BCUT2D eigenvalue weighted by atomic mass is 9.96. The number of aromatic amines is 1. The molecule has 1 fully saturated rings. The number of rotatable bonds is 3. The smallest absolute Gasteiger partial charge is 0.121 e. The van der Waals surface area contributed by atoms with E-state index in [-0.39, 0.29) is 0 Å². The Morgan fingerprint density at radius 3 is 2.94 bits per heavy atom. The maximum atomic E-state index is 5.85. The number of fused-ring (bicyclic) bond motifs is 1. The van der Waals surface area contributed by atoms with Gasteiger partial charge in [-0.25, -0.2) is 0 Å². The number of ether oxygens (including phenoxy) is 1. The molecule has 1 aromatic heterocycles. The molecule has 3 rings (SSSR count). The minimum absolute atomic E-state index is 0.432. The third-order valence-corrected chi connectivity index (χ3v) is 3.31. The first-order valence-corrected chi connectivity index (χ1v) is 5.83. The van der Waals surface area contributed by atoms with Gasteiger partial charge in [-0.05, 0) is 37.0 Å². The van der Waals surface area contributed by atoms with E-state index in [4.69, 9.17) is 10.5 Å². The molecule has 3 N–H and O–H groups in total. The van der Waals surface area contributed by atoms with Crippen molar-refractivity contribution in [3.05, 3.63) is 30.0 Å². The van der Waals surface area contributed by atoms with Crippen molar-refractivity contribution >= 4 is 10.9 Å². The van der Waals surface area contributed by atoms with Crippen LogP contribution in [-0.4, -0.2) is 11.1 Å². The summed E-state index contributed by atoms with van der Waals surface area (Å²) in [7, 11) is 0. The molecule has 0 radical (unpaired) electrons. The van der Waals surface area contributed by atoms with Crippen LogP contribution in [0.4, 0.5) is 0 Å². The number of nitrogens with two attached hydrogens (primary N) is 1. The van der Waals surface area contributed by atoms with Crippen molar-refractivity contribution in [2.75, 3.05) is 0 Å². The van der Waals surface area contributed by atoms with Crippen LogP contribution in [0.3, 0.4) is 0 Å². The molecule has 1 heterocycles. The molecule has 0 atom stereocenters. The van der Waals surface area contributed by atoms with Crippen LogP contribution < -0.4 is 10.5 Å². The van der Waals surface area contributed by atoms with Gasteiger partial charge in [-0.1, -0.05) is 0 Å². The third-order valence-electron chi connectivity index (χ3n) is 3.31. The molecule has 0 spiro atoms. The van der Waals surface area contributed by atoms with Crippen molar-refractivity contribution < 1.29 is 4.74 Å². The molecule has 1 aromatic carbocycles. The first kappa shape index (κ1) is 9.73. The van der Waals surface area contributed by atoms with E-state index >= 15 is 0 Å². The molecule has 1 saturated carbocycles. The maximum Gasteiger partial charge on any atom is 0.121 e. The zero-order valence-corrected chi connectivity index (χ0v) is 9.20. The van der Waals surface area contributed by atoms with Crippen LogP contribution >= 0.6 is 0 Å². The van der Waals surface area contributed by atoms with E-state index in [2.05, 4.69) is 17.1 Å². The summed E-state index contributed by atoms with van der Waals surface area (Å²) >= 11 is 0. The van der Waals surface area contributed by atoms with Gasteiger partial charge in [0.15, 0.2) is 0 Å². The molecule has 0 bridgehead atoms. The van der Waals surface area contributed by atoms with Gasteiger partial charge in [0.1, 0.15) is 5.75 Å². The first-order chi connectivity index (χ1) is 7.86. The van der Waals surface area contributed by atoms with Crippen molar-refractivity contribution in [2.24, 2.45) is 5.73 Å². The Labute approximate surface area is 94.6 Å². The Bertz CT molecular complexity index is 500. The Balaban J connectivity index is 1.90. The fraction of sp³-hybridized carbons (Fsp3) is 0.385. The number of H-pyrrole nitrogens is 1. The lowest BCUT2D eigenvalue weighted by Crippen LogP contribution is -2.24. The molecule has 3 heteroatoms. The van der Waals surface area contributed by atoms with E-state index in [0.29, 0.717) is 12.6 Å². The summed E-state index contributed by atoms with van der Waals surface area (Å²) in [5.74, 6) is 0.961. The standard InChI is InChI=1S/C13H16N2O/c14-7-9-8-15-13-6-11(4-5-12(9)13)16-10-2-1-3-10/h4-6,8,10,15H,1-3,7,14H2. The van der Waals surface area contributed by atoms with Crippen LogP contribution in [0.25, 0.3) is 10.9 Å². The van der Waals surface area contributed by atoms with Gasteiger partial charge >= 0.3 is 0 Å². The summed E-state index contributed by atoms with van der Waals surface area (Å²) in [5, 5.41) is 1.20. The second-order valence-corrected chi connectivity index (χ2v) is 4.40. The summed E-state index contributed by atoms with van der Waals surface area (Å²) < 4.78 is 5.85. The van der Waals surface area contributed by atoms with E-state index in [9.17, 15) is 0 Å². The summed E-state index contributed by atoms with van der Waals surface area (Å²) in [6.07, 6.45) is 6.08. The Kier molecular flexibility index (Phi) is 2.33. The zero-order valence-electron chi connectivity index (χ0n) is 9.20. The predicted molar refractivity (Wildman–Crippen MR) is 64.5 cm³/mol. The van der Waals surface area contributed by atoms with Crippen LogP contribution in [0.5, 0.6) is 5.75 Å². The molecular formula is C13H16N2O. The quantitative estimate of drug-likeness (QED) is 0.828. The molecule has 0 aliphatic heterocycles. The van der Waals surface area contributed by atoms with Gasteiger partial charge in [0.2, 0.25) is 0 Å². The van der Waals surface area contributed by atoms with Crippen molar-refractivity contribution in [3.8, 4) is 5.75 Å². The maximum absolute atomic E-state index is 5.85. The van der Waals surface area contributed by atoms with E-state index in [1.807, 2.05) is 12.3 Å². The van der Waals surface area contributed by atoms with Crippen molar-refractivity contribution in [2.45, 2.75) is 31.9 Å². The average molecular weight is 216 g/mol. The highest BCUT2D eigenvalue weighted by Crippen LogP contribution is 2.28. The number of aromatic nitrogens is 1. The number of hydrogen-bond acceptors (Lipinski definition) is 2. The average Bonchev–Trinajstić information content (AvgIpc) is 2.65. The molecule has 0 unspecified atom stereocenters. The van der Waals surface area contributed by atoms with Crippen molar-refractivity contribution in [3.63, 3.8) is 0 Å². The molecule has 0 amide bonds.